The highest BCUT2D eigenvalue weighted by atomic mass is 16.5. The van der Waals surface area contributed by atoms with E-state index < -0.39 is 0 Å². The molecular weight excluding hydrogens is 268 g/mol. The van der Waals surface area contributed by atoms with Gasteiger partial charge in [0.15, 0.2) is 17.3 Å². The number of Topliss-reactive ketones (excluding diaryl/α,β-unsaturated/α-hetero) is 1. The molecule has 116 valence electrons. The number of hydrogen-bond acceptors (Lipinski definition) is 4. The fraction of sp³-hybridized carbons (Fsp3) is 0.588. The van der Waals surface area contributed by atoms with Crippen LogP contribution in [0.3, 0.4) is 0 Å². The van der Waals surface area contributed by atoms with Crippen LogP contribution in [-0.2, 0) is 6.42 Å². The monoisotopic (exact) mass is 292 g/mol. The first-order chi connectivity index (χ1) is 10.1. The topological polar surface area (TPSA) is 44.8 Å². The van der Waals surface area contributed by atoms with E-state index in [4.69, 9.17) is 14.2 Å². The van der Waals surface area contributed by atoms with Gasteiger partial charge in [-0.3, -0.25) is 4.79 Å². The lowest BCUT2D eigenvalue weighted by Gasteiger charge is -2.24. The van der Waals surface area contributed by atoms with Crippen molar-refractivity contribution in [3.8, 4) is 17.2 Å². The zero-order valence-corrected chi connectivity index (χ0v) is 13.5. The molecule has 2 rings (SSSR count). The summed E-state index contributed by atoms with van der Waals surface area (Å²) in [6.07, 6.45) is 3.26. The van der Waals surface area contributed by atoms with Crippen LogP contribution in [0.1, 0.15) is 60.5 Å². The maximum absolute atomic E-state index is 12.6. The van der Waals surface area contributed by atoms with Crippen molar-refractivity contribution in [2.45, 2.75) is 45.4 Å². The number of rotatable bonds is 4. The third-order valence-corrected chi connectivity index (χ3v) is 4.05. The van der Waals surface area contributed by atoms with Gasteiger partial charge in [0.1, 0.15) is 5.75 Å². The molecule has 0 atom stereocenters. The van der Waals surface area contributed by atoms with E-state index in [-0.39, 0.29) is 11.7 Å². The Kier molecular flexibility index (Phi) is 4.76. The van der Waals surface area contributed by atoms with Gasteiger partial charge in [-0.25, -0.2) is 0 Å². The lowest BCUT2D eigenvalue weighted by molar-refractivity contribution is 0.0978. The molecule has 1 aliphatic rings. The largest absolute Gasteiger partial charge is 0.496 e. The van der Waals surface area contributed by atoms with Crippen LogP contribution in [0, 0.1) is 0 Å². The van der Waals surface area contributed by atoms with Gasteiger partial charge >= 0.3 is 0 Å². The molecule has 1 aromatic carbocycles. The van der Waals surface area contributed by atoms with Gasteiger partial charge in [-0.15, -0.1) is 0 Å². The highest BCUT2D eigenvalue weighted by Gasteiger charge is 2.31. The van der Waals surface area contributed by atoms with E-state index in [1.807, 2.05) is 0 Å². The Morgan fingerprint density at radius 3 is 1.95 bits per heavy atom. The summed E-state index contributed by atoms with van der Waals surface area (Å²) in [6, 6.07) is 0. The van der Waals surface area contributed by atoms with Crippen molar-refractivity contribution in [3.63, 3.8) is 0 Å². The molecule has 0 aliphatic heterocycles. The predicted octanol–water partition coefficient (Wildman–Crippen LogP) is 3.74. The summed E-state index contributed by atoms with van der Waals surface area (Å²) in [6.45, 7) is 4.13. The molecular formula is C17H24O4. The standard InChI is InChI=1S/C17H24O4/c1-10(2)13-16(20-4)14-11(8-6-7-9-12(14)18)15(19-3)17(13)21-5/h10H,6-9H2,1-5H3. The number of carbonyl (C=O) groups excluding carboxylic acids is 1. The normalized spacial score (nSPS) is 14.7. The van der Waals surface area contributed by atoms with E-state index in [1.54, 1.807) is 21.3 Å². The highest BCUT2D eigenvalue weighted by Crippen LogP contribution is 2.48. The Hall–Kier alpha value is -1.71. The Morgan fingerprint density at radius 1 is 0.857 bits per heavy atom. The maximum Gasteiger partial charge on any atom is 0.168 e. The summed E-state index contributed by atoms with van der Waals surface area (Å²) in [5, 5.41) is 0. The summed E-state index contributed by atoms with van der Waals surface area (Å²) < 4.78 is 16.8. The fourth-order valence-corrected chi connectivity index (χ4v) is 3.15. The molecule has 0 saturated carbocycles. The number of benzene rings is 1. The van der Waals surface area contributed by atoms with Crippen molar-refractivity contribution in [2.75, 3.05) is 21.3 Å². The van der Waals surface area contributed by atoms with E-state index in [2.05, 4.69) is 13.8 Å². The second-order valence-electron chi connectivity index (χ2n) is 5.65. The molecule has 0 heterocycles. The Morgan fingerprint density at radius 2 is 1.43 bits per heavy atom. The van der Waals surface area contributed by atoms with Crippen LogP contribution in [0.4, 0.5) is 0 Å². The average Bonchev–Trinajstić information content (AvgIpc) is 2.66. The highest BCUT2D eigenvalue weighted by molar-refractivity contribution is 6.02. The van der Waals surface area contributed by atoms with Crippen LogP contribution in [0.25, 0.3) is 0 Å². The number of hydrogen-bond donors (Lipinski definition) is 0. The molecule has 0 N–H and O–H groups in total. The van der Waals surface area contributed by atoms with Gasteiger partial charge in [-0.05, 0) is 25.2 Å². The molecule has 4 heteroatoms. The number of fused-ring (bicyclic) bond motifs is 1. The van der Waals surface area contributed by atoms with Crippen LogP contribution in [0.15, 0.2) is 0 Å². The van der Waals surface area contributed by atoms with E-state index in [1.165, 1.54) is 0 Å². The quantitative estimate of drug-likeness (QED) is 0.793. The van der Waals surface area contributed by atoms with Gasteiger partial charge in [0.2, 0.25) is 0 Å². The SMILES string of the molecule is COc1c2c(c(OC)c(C(C)C)c1OC)C(=O)CCCC2. The van der Waals surface area contributed by atoms with Crippen LogP contribution >= 0.6 is 0 Å². The van der Waals surface area contributed by atoms with Gasteiger partial charge in [-0.1, -0.05) is 13.8 Å². The van der Waals surface area contributed by atoms with Crippen molar-refractivity contribution in [1.82, 2.24) is 0 Å². The first kappa shape index (κ1) is 15.7. The fourth-order valence-electron chi connectivity index (χ4n) is 3.15. The molecule has 1 aliphatic carbocycles. The molecule has 0 radical (unpaired) electrons. The minimum absolute atomic E-state index is 0.141. The van der Waals surface area contributed by atoms with Gasteiger partial charge in [0.25, 0.3) is 0 Å². The molecule has 4 nitrogen and oxygen atoms in total. The van der Waals surface area contributed by atoms with Crippen molar-refractivity contribution in [2.24, 2.45) is 0 Å². The predicted molar refractivity (Wildman–Crippen MR) is 82.1 cm³/mol. The summed E-state index contributed by atoms with van der Waals surface area (Å²) in [5.41, 5.74) is 2.53. The second kappa shape index (κ2) is 6.37. The zero-order chi connectivity index (χ0) is 15.6. The summed E-state index contributed by atoms with van der Waals surface area (Å²) >= 11 is 0. The Bertz CT molecular complexity index is 546. The Labute approximate surface area is 126 Å². The minimum Gasteiger partial charge on any atom is -0.496 e. The van der Waals surface area contributed by atoms with Crippen molar-refractivity contribution in [3.05, 3.63) is 16.7 Å². The summed E-state index contributed by atoms with van der Waals surface area (Å²) in [5.74, 6) is 2.35. The molecule has 1 aromatic rings. The van der Waals surface area contributed by atoms with Gasteiger partial charge in [-0.2, -0.15) is 0 Å². The first-order valence-corrected chi connectivity index (χ1v) is 7.44. The average molecular weight is 292 g/mol. The van der Waals surface area contributed by atoms with Gasteiger partial charge < -0.3 is 14.2 Å². The second-order valence-corrected chi connectivity index (χ2v) is 5.65. The zero-order valence-electron chi connectivity index (χ0n) is 13.5. The van der Waals surface area contributed by atoms with Crippen LogP contribution in [-0.4, -0.2) is 27.1 Å². The van der Waals surface area contributed by atoms with Crippen molar-refractivity contribution >= 4 is 5.78 Å². The molecule has 21 heavy (non-hydrogen) atoms. The van der Waals surface area contributed by atoms with Gasteiger partial charge in [0, 0.05) is 17.5 Å². The molecule has 0 unspecified atom stereocenters. The van der Waals surface area contributed by atoms with Gasteiger partial charge in [0.05, 0.1) is 26.9 Å². The molecule has 0 amide bonds. The molecule has 0 saturated heterocycles. The summed E-state index contributed by atoms with van der Waals surface area (Å²) in [4.78, 5) is 12.6. The lowest BCUT2D eigenvalue weighted by Crippen LogP contribution is -2.11. The molecule has 0 spiro atoms. The smallest absolute Gasteiger partial charge is 0.168 e. The van der Waals surface area contributed by atoms with E-state index in [0.717, 1.165) is 30.4 Å². The minimum atomic E-state index is 0.141. The lowest BCUT2D eigenvalue weighted by atomic mass is 9.90. The molecule has 0 fully saturated rings. The molecule has 0 bridgehead atoms. The van der Waals surface area contributed by atoms with Crippen LogP contribution in [0.2, 0.25) is 0 Å². The van der Waals surface area contributed by atoms with Crippen LogP contribution < -0.4 is 14.2 Å². The number of ether oxygens (including phenoxy) is 3. The van der Waals surface area contributed by atoms with Crippen LogP contribution in [0.5, 0.6) is 17.2 Å². The van der Waals surface area contributed by atoms with Crippen molar-refractivity contribution in [1.29, 1.82) is 0 Å². The van der Waals surface area contributed by atoms with E-state index >= 15 is 0 Å². The summed E-state index contributed by atoms with van der Waals surface area (Å²) in [7, 11) is 4.88. The maximum atomic E-state index is 12.6. The Balaban J connectivity index is 2.88. The number of methoxy groups -OCH3 is 3. The molecule has 0 aromatic heterocycles. The number of carbonyl (C=O) groups is 1. The third kappa shape index (κ3) is 2.59. The van der Waals surface area contributed by atoms with E-state index in [0.29, 0.717) is 29.2 Å². The third-order valence-electron chi connectivity index (χ3n) is 4.05. The van der Waals surface area contributed by atoms with Crippen molar-refractivity contribution < 1.29 is 19.0 Å². The van der Waals surface area contributed by atoms with E-state index in [9.17, 15) is 4.79 Å². The number of ketones is 1. The first-order valence-electron chi connectivity index (χ1n) is 7.44.